The van der Waals surface area contributed by atoms with E-state index in [-0.39, 0.29) is 0 Å². The van der Waals surface area contributed by atoms with E-state index in [0.717, 1.165) is 25.6 Å². The molecule has 0 aromatic rings. The van der Waals surface area contributed by atoms with Crippen LogP contribution in [0.4, 0.5) is 0 Å². The molecule has 0 radical (unpaired) electrons. The van der Waals surface area contributed by atoms with Crippen molar-refractivity contribution >= 4 is 0 Å². The SMILES string of the molecule is C=CCN(CCCO)C1CCC1. The summed E-state index contributed by atoms with van der Waals surface area (Å²) in [5, 5.41) is 8.70. The van der Waals surface area contributed by atoms with Crippen molar-refractivity contribution in [2.75, 3.05) is 19.7 Å². The highest BCUT2D eigenvalue weighted by molar-refractivity contribution is 4.84. The minimum atomic E-state index is 0.306. The second kappa shape index (κ2) is 5.33. The van der Waals surface area contributed by atoms with Gasteiger partial charge >= 0.3 is 0 Å². The van der Waals surface area contributed by atoms with E-state index < -0.39 is 0 Å². The lowest BCUT2D eigenvalue weighted by molar-refractivity contribution is 0.130. The summed E-state index contributed by atoms with van der Waals surface area (Å²) in [6.07, 6.45) is 6.88. The largest absolute Gasteiger partial charge is 0.396 e. The van der Waals surface area contributed by atoms with Crippen LogP contribution in [0.25, 0.3) is 0 Å². The molecular weight excluding hydrogens is 150 g/mol. The standard InChI is InChI=1S/C10H19NO/c1-2-7-11(8-4-9-12)10-5-3-6-10/h2,10,12H,1,3-9H2. The molecule has 1 rings (SSSR count). The van der Waals surface area contributed by atoms with Gasteiger partial charge in [0.05, 0.1) is 0 Å². The van der Waals surface area contributed by atoms with Gasteiger partial charge < -0.3 is 5.11 Å². The fourth-order valence-electron chi connectivity index (χ4n) is 1.61. The third-order valence-electron chi connectivity index (χ3n) is 2.56. The van der Waals surface area contributed by atoms with Gasteiger partial charge in [0.15, 0.2) is 0 Å². The van der Waals surface area contributed by atoms with Gasteiger partial charge in [-0.1, -0.05) is 12.5 Å². The fraction of sp³-hybridized carbons (Fsp3) is 0.800. The lowest BCUT2D eigenvalue weighted by Gasteiger charge is -2.36. The van der Waals surface area contributed by atoms with Crippen LogP contribution in [-0.2, 0) is 0 Å². The highest BCUT2D eigenvalue weighted by atomic mass is 16.3. The summed E-state index contributed by atoms with van der Waals surface area (Å²) in [7, 11) is 0. The first kappa shape index (κ1) is 9.75. The van der Waals surface area contributed by atoms with Gasteiger partial charge in [-0.05, 0) is 19.3 Å². The molecule has 0 saturated heterocycles. The van der Waals surface area contributed by atoms with Crippen LogP contribution in [0.5, 0.6) is 0 Å². The molecule has 0 aliphatic heterocycles. The van der Waals surface area contributed by atoms with Gasteiger partial charge in [-0.15, -0.1) is 6.58 Å². The molecule has 0 bridgehead atoms. The number of rotatable bonds is 6. The summed E-state index contributed by atoms with van der Waals surface area (Å²) in [4.78, 5) is 2.42. The number of nitrogens with zero attached hydrogens (tertiary/aromatic N) is 1. The maximum Gasteiger partial charge on any atom is 0.0443 e. The van der Waals surface area contributed by atoms with Gasteiger partial charge in [0.25, 0.3) is 0 Å². The van der Waals surface area contributed by atoms with Crippen LogP contribution in [0.1, 0.15) is 25.7 Å². The quantitative estimate of drug-likeness (QED) is 0.608. The zero-order valence-electron chi connectivity index (χ0n) is 7.71. The summed E-state index contributed by atoms with van der Waals surface area (Å²) in [6, 6.07) is 0.773. The van der Waals surface area contributed by atoms with E-state index in [1.165, 1.54) is 19.3 Å². The van der Waals surface area contributed by atoms with Crippen molar-refractivity contribution in [1.29, 1.82) is 0 Å². The third-order valence-corrected chi connectivity index (χ3v) is 2.56. The Labute approximate surface area is 74.9 Å². The van der Waals surface area contributed by atoms with E-state index >= 15 is 0 Å². The van der Waals surface area contributed by atoms with Crippen molar-refractivity contribution in [3.63, 3.8) is 0 Å². The van der Waals surface area contributed by atoms with Gasteiger partial charge in [-0.25, -0.2) is 0 Å². The van der Waals surface area contributed by atoms with E-state index in [0.29, 0.717) is 6.61 Å². The molecule has 0 aromatic heterocycles. The Morgan fingerprint density at radius 2 is 2.25 bits per heavy atom. The first-order chi connectivity index (χ1) is 5.88. The Morgan fingerprint density at radius 3 is 2.67 bits per heavy atom. The fourth-order valence-corrected chi connectivity index (χ4v) is 1.61. The molecule has 70 valence electrons. The minimum Gasteiger partial charge on any atom is -0.396 e. The Bertz CT molecular complexity index is 132. The molecule has 0 spiro atoms. The number of aliphatic hydroxyl groups excluding tert-OH is 1. The Hall–Kier alpha value is -0.340. The molecule has 2 nitrogen and oxygen atoms in total. The Balaban J connectivity index is 2.21. The molecule has 1 fully saturated rings. The lowest BCUT2D eigenvalue weighted by atomic mass is 9.91. The average Bonchev–Trinajstić information content (AvgIpc) is 1.97. The molecule has 0 aromatic carbocycles. The monoisotopic (exact) mass is 169 g/mol. The molecular formula is C10H19NO. The van der Waals surface area contributed by atoms with E-state index in [9.17, 15) is 0 Å². The maximum atomic E-state index is 8.70. The Kier molecular flexibility index (Phi) is 4.33. The predicted octanol–water partition coefficient (Wildman–Crippen LogP) is 1.41. The van der Waals surface area contributed by atoms with E-state index in [1.54, 1.807) is 0 Å². The smallest absolute Gasteiger partial charge is 0.0443 e. The van der Waals surface area contributed by atoms with E-state index in [1.807, 2.05) is 6.08 Å². The minimum absolute atomic E-state index is 0.306. The Morgan fingerprint density at radius 1 is 1.50 bits per heavy atom. The van der Waals surface area contributed by atoms with Crippen LogP contribution in [-0.4, -0.2) is 35.7 Å². The molecule has 12 heavy (non-hydrogen) atoms. The second-order valence-corrected chi connectivity index (χ2v) is 3.45. The first-order valence-electron chi connectivity index (χ1n) is 4.84. The van der Waals surface area contributed by atoms with Gasteiger partial charge in [0.2, 0.25) is 0 Å². The highest BCUT2D eigenvalue weighted by Gasteiger charge is 2.23. The van der Waals surface area contributed by atoms with E-state index in [2.05, 4.69) is 11.5 Å². The van der Waals surface area contributed by atoms with E-state index in [4.69, 9.17) is 5.11 Å². The van der Waals surface area contributed by atoms with Crippen molar-refractivity contribution in [2.45, 2.75) is 31.7 Å². The van der Waals surface area contributed by atoms with Crippen molar-refractivity contribution in [3.05, 3.63) is 12.7 Å². The second-order valence-electron chi connectivity index (χ2n) is 3.45. The first-order valence-corrected chi connectivity index (χ1v) is 4.84. The summed E-state index contributed by atoms with van der Waals surface area (Å²) in [5.41, 5.74) is 0. The third kappa shape index (κ3) is 2.61. The predicted molar refractivity (Wildman–Crippen MR) is 51.1 cm³/mol. The van der Waals surface area contributed by atoms with Gasteiger partial charge in [0.1, 0.15) is 0 Å². The number of aliphatic hydroxyl groups is 1. The average molecular weight is 169 g/mol. The zero-order chi connectivity index (χ0) is 8.81. The van der Waals surface area contributed by atoms with Crippen LogP contribution < -0.4 is 0 Å². The highest BCUT2D eigenvalue weighted by Crippen LogP contribution is 2.24. The molecule has 0 heterocycles. The molecule has 0 unspecified atom stereocenters. The zero-order valence-corrected chi connectivity index (χ0v) is 7.71. The molecule has 1 N–H and O–H groups in total. The van der Waals surface area contributed by atoms with Crippen molar-refractivity contribution in [3.8, 4) is 0 Å². The summed E-state index contributed by atoms with van der Waals surface area (Å²) in [5.74, 6) is 0. The molecule has 1 aliphatic carbocycles. The summed E-state index contributed by atoms with van der Waals surface area (Å²) < 4.78 is 0. The van der Waals surface area contributed by atoms with Crippen LogP contribution in [0.15, 0.2) is 12.7 Å². The normalized spacial score (nSPS) is 17.8. The lowest BCUT2D eigenvalue weighted by Crippen LogP contribution is -2.40. The summed E-state index contributed by atoms with van der Waals surface area (Å²) >= 11 is 0. The molecule has 1 saturated carbocycles. The molecule has 2 heteroatoms. The van der Waals surface area contributed by atoms with Gasteiger partial charge in [-0.2, -0.15) is 0 Å². The van der Waals surface area contributed by atoms with Crippen LogP contribution >= 0.6 is 0 Å². The van der Waals surface area contributed by atoms with Crippen LogP contribution in [0.2, 0.25) is 0 Å². The molecule has 1 aliphatic rings. The topological polar surface area (TPSA) is 23.5 Å². The number of hydrogen-bond acceptors (Lipinski definition) is 2. The van der Waals surface area contributed by atoms with Crippen LogP contribution in [0, 0.1) is 0 Å². The maximum absolute atomic E-state index is 8.70. The van der Waals surface area contributed by atoms with Crippen LogP contribution in [0.3, 0.4) is 0 Å². The van der Waals surface area contributed by atoms with Crippen molar-refractivity contribution < 1.29 is 5.11 Å². The van der Waals surface area contributed by atoms with Crippen molar-refractivity contribution in [2.24, 2.45) is 0 Å². The van der Waals surface area contributed by atoms with Crippen molar-refractivity contribution in [1.82, 2.24) is 4.90 Å². The van der Waals surface area contributed by atoms with Gasteiger partial charge in [0, 0.05) is 25.7 Å². The molecule has 0 amide bonds. The molecule has 0 atom stereocenters. The summed E-state index contributed by atoms with van der Waals surface area (Å²) in [6.45, 7) is 6.05. The van der Waals surface area contributed by atoms with Gasteiger partial charge in [-0.3, -0.25) is 4.90 Å². The number of hydrogen-bond donors (Lipinski definition) is 1.